The van der Waals surface area contributed by atoms with Gasteiger partial charge in [0.2, 0.25) is 0 Å². The molecule has 1 aromatic heterocycles. The molecule has 2 rings (SSSR count). The summed E-state index contributed by atoms with van der Waals surface area (Å²) in [5, 5.41) is 3.45. The molecular weight excluding hydrogens is 285 g/mol. The summed E-state index contributed by atoms with van der Waals surface area (Å²) in [6.07, 6.45) is 3.89. The van der Waals surface area contributed by atoms with Crippen LogP contribution in [-0.4, -0.2) is 41.5 Å². The summed E-state index contributed by atoms with van der Waals surface area (Å²) in [6.45, 7) is 2.68. The molecule has 1 unspecified atom stereocenters. The predicted octanol–water partition coefficient (Wildman–Crippen LogP) is 2.60. The Morgan fingerprint density at radius 3 is 2.89 bits per heavy atom. The summed E-state index contributed by atoms with van der Waals surface area (Å²) in [5.41, 5.74) is 0.364. The quantitative estimate of drug-likeness (QED) is 0.850. The van der Waals surface area contributed by atoms with Crippen LogP contribution in [0, 0.1) is 0 Å². The molecule has 1 aliphatic carbocycles. The Balaban J connectivity index is 1.91. The third kappa shape index (κ3) is 3.81. The zero-order valence-corrected chi connectivity index (χ0v) is 12.5. The molecule has 1 aliphatic rings. The smallest absolute Gasteiger partial charge is 0.253 e. The standard InChI is InChI=1S/C13H17Cl2N3O/c1-8(18(2)9-3-4-9)6-17-13(19)10-5-12(15)16-7-11(10)14/h5,7-9H,3-4,6H2,1-2H3,(H,17,19). The monoisotopic (exact) mass is 301 g/mol. The zero-order chi connectivity index (χ0) is 14.0. The summed E-state index contributed by atoms with van der Waals surface area (Å²) in [5.74, 6) is -0.217. The van der Waals surface area contributed by atoms with Crippen LogP contribution in [-0.2, 0) is 0 Å². The zero-order valence-electron chi connectivity index (χ0n) is 11.0. The molecule has 1 N–H and O–H groups in total. The first-order chi connectivity index (χ1) is 8.99. The van der Waals surface area contributed by atoms with Gasteiger partial charge in [0.15, 0.2) is 0 Å². The lowest BCUT2D eigenvalue weighted by Gasteiger charge is -2.24. The summed E-state index contributed by atoms with van der Waals surface area (Å²) in [7, 11) is 2.09. The van der Waals surface area contributed by atoms with Crippen molar-refractivity contribution >= 4 is 29.1 Å². The molecule has 0 spiro atoms. The summed E-state index contributed by atoms with van der Waals surface area (Å²) in [6, 6.07) is 2.45. The molecule has 0 bridgehead atoms. The molecule has 1 aromatic rings. The number of carbonyl (C=O) groups is 1. The third-order valence-electron chi connectivity index (χ3n) is 3.44. The van der Waals surface area contributed by atoms with Crippen LogP contribution in [0.1, 0.15) is 30.1 Å². The van der Waals surface area contributed by atoms with E-state index in [-0.39, 0.29) is 11.1 Å². The van der Waals surface area contributed by atoms with Crippen LogP contribution >= 0.6 is 23.2 Å². The van der Waals surface area contributed by atoms with Crippen LogP contribution in [0.15, 0.2) is 12.3 Å². The highest BCUT2D eigenvalue weighted by atomic mass is 35.5. The molecular formula is C13H17Cl2N3O. The number of nitrogens with zero attached hydrogens (tertiary/aromatic N) is 2. The van der Waals surface area contributed by atoms with Gasteiger partial charge in [-0.2, -0.15) is 0 Å². The Bertz CT molecular complexity index is 477. The van der Waals surface area contributed by atoms with Crippen molar-refractivity contribution in [2.45, 2.75) is 31.8 Å². The van der Waals surface area contributed by atoms with Gasteiger partial charge < -0.3 is 5.32 Å². The average Bonchev–Trinajstić information content (AvgIpc) is 3.21. The number of likely N-dealkylation sites (N-methyl/N-ethyl adjacent to an activating group) is 1. The van der Waals surface area contributed by atoms with Gasteiger partial charge in [0.1, 0.15) is 5.15 Å². The Morgan fingerprint density at radius 1 is 1.58 bits per heavy atom. The van der Waals surface area contributed by atoms with Gasteiger partial charge in [-0.3, -0.25) is 9.69 Å². The van der Waals surface area contributed by atoms with Gasteiger partial charge >= 0.3 is 0 Å². The predicted molar refractivity (Wildman–Crippen MR) is 76.8 cm³/mol. The second-order valence-corrected chi connectivity index (χ2v) is 5.74. The number of halogens is 2. The van der Waals surface area contributed by atoms with Gasteiger partial charge in [0.25, 0.3) is 5.91 Å². The largest absolute Gasteiger partial charge is 0.350 e. The van der Waals surface area contributed by atoms with Crippen molar-refractivity contribution in [1.82, 2.24) is 15.2 Å². The normalized spacial score (nSPS) is 16.5. The summed E-state index contributed by atoms with van der Waals surface area (Å²) >= 11 is 11.7. The number of hydrogen-bond donors (Lipinski definition) is 1. The van der Waals surface area contributed by atoms with Crippen molar-refractivity contribution in [3.63, 3.8) is 0 Å². The van der Waals surface area contributed by atoms with E-state index in [0.29, 0.717) is 29.2 Å². The lowest BCUT2D eigenvalue weighted by atomic mass is 10.2. The van der Waals surface area contributed by atoms with E-state index in [0.717, 1.165) is 0 Å². The van der Waals surface area contributed by atoms with Gasteiger partial charge in [0, 0.05) is 24.8 Å². The molecule has 0 radical (unpaired) electrons. The highest BCUT2D eigenvalue weighted by molar-refractivity contribution is 6.35. The van der Waals surface area contributed by atoms with E-state index in [1.165, 1.54) is 25.1 Å². The molecule has 6 heteroatoms. The highest BCUT2D eigenvalue weighted by Gasteiger charge is 2.29. The van der Waals surface area contributed by atoms with Crippen LogP contribution in [0.2, 0.25) is 10.2 Å². The van der Waals surface area contributed by atoms with Crippen molar-refractivity contribution in [2.75, 3.05) is 13.6 Å². The molecule has 1 fully saturated rings. The molecule has 4 nitrogen and oxygen atoms in total. The SMILES string of the molecule is CC(CNC(=O)c1cc(Cl)ncc1Cl)N(C)C1CC1. The third-order valence-corrected chi connectivity index (χ3v) is 3.95. The van der Waals surface area contributed by atoms with Crippen molar-refractivity contribution in [3.05, 3.63) is 28.0 Å². The number of pyridine rings is 1. The minimum absolute atomic E-state index is 0.217. The van der Waals surface area contributed by atoms with E-state index in [1.807, 2.05) is 0 Å². The van der Waals surface area contributed by atoms with Crippen molar-refractivity contribution < 1.29 is 4.79 Å². The molecule has 0 aromatic carbocycles. The Kier molecular flexibility index (Phi) is 4.66. The number of hydrogen-bond acceptors (Lipinski definition) is 3. The first-order valence-electron chi connectivity index (χ1n) is 6.30. The topological polar surface area (TPSA) is 45.2 Å². The van der Waals surface area contributed by atoms with Crippen molar-refractivity contribution in [1.29, 1.82) is 0 Å². The maximum atomic E-state index is 12.0. The van der Waals surface area contributed by atoms with Crippen LogP contribution in [0.5, 0.6) is 0 Å². The Labute approximate surface area is 123 Å². The molecule has 0 saturated heterocycles. The van der Waals surface area contributed by atoms with E-state index in [9.17, 15) is 4.79 Å². The minimum atomic E-state index is -0.217. The van der Waals surface area contributed by atoms with E-state index in [1.54, 1.807) is 0 Å². The van der Waals surface area contributed by atoms with Crippen LogP contribution in [0.3, 0.4) is 0 Å². The minimum Gasteiger partial charge on any atom is -0.350 e. The molecule has 1 heterocycles. The van der Waals surface area contributed by atoms with Gasteiger partial charge in [0.05, 0.1) is 10.6 Å². The van der Waals surface area contributed by atoms with Crippen LogP contribution in [0.25, 0.3) is 0 Å². The lowest BCUT2D eigenvalue weighted by Crippen LogP contribution is -2.41. The number of rotatable bonds is 5. The molecule has 19 heavy (non-hydrogen) atoms. The molecule has 1 atom stereocenters. The summed E-state index contributed by atoms with van der Waals surface area (Å²) < 4.78 is 0. The van der Waals surface area contributed by atoms with Crippen LogP contribution < -0.4 is 5.32 Å². The first kappa shape index (κ1) is 14.6. The maximum absolute atomic E-state index is 12.0. The second kappa shape index (κ2) is 6.07. The molecule has 104 valence electrons. The second-order valence-electron chi connectivity index (χ2n) is 4.94. The van der Waals surface area contributed by atoms with E-state index >= 15 is 0 Å². The molecule has 1 saturated carbocycles. The van der Waals surface area contributed by atoms with Gasteiger partial charge in [-0.1, -0.05) is 23.2 Å². The fraction of sp³-hybridized carbons (Fsp3) is 0.538. The van der Waals surface area contributed by atoms with Gasteiger partial charge in [-0.25, -0.2) is 4.98 Å². The molecule has 0 aliphatic heterocycles. The molecule has 1 amide bonds. The first-order valence-corrected chi connectivity index (χ1v) is 7.06. The fourth-order valence-electron chi connectivity index (χ4n) is 1.91. The van der Waals surface area contributed by atoms with Crippen molar-refractivity contribution in [3.8, 4) is 0 Å². The number of amides is 1. The number of carbonyl (C=O) groups excluding carboxylic acids is 1. The van der Waals surface area contributed by atoms with E-state index < -0.39 is 0 Å². The van der Waals surface area contributed by atoms with E-state index in [4.69, 9.17) is 23.2 Å². The van der Waals surface area contributed by atoms with E-state index in [2.05, 4.69) is 29.2 Å². The van der Waals surface area contributed by atoms with Gasteiger partial charge in [-0.05, 0) is 32.9 Å². The Morgan fingerprint density at radius 2 is 2.26 bits per heavy atom. The fourth-order valence-corrected chi connectivity index (χ4v) is 2.26. The van der Waals surface area contributed by atoms with Crippen LogP contribution in [0.4, 0.5) is 0 Å². The summed E-state index contributed by atoms with van der Waals surface area (Å²) in [4.78, 5) is 18.1. The van der Waals surface area contributed by atoms with Crippen molar-refractivity contribution in [2.24, 2.45) is 0 Å². The Hall–Kier alpha value is -0.840. The number of nitrogens with one attached hydrogen (secondary N) is 1. The highest BCUT2D eigenvalue weighted by Crippen LogP contribution is 2.26. The number of aromatic nitrogens is 1. The average molecular weight is 302 g/mol. The maximum Gasteiger partial charge on any atom is 0.253 e. The van der Waals surface area contributed by atoms with Gasteiger partial charge in [-0.15, -0.1) is 0 Å². The lowest BCUT2D eigenvalue weighted by molar-refractivity contribution is 0.0939.